The van der Waals surface area contributed by atoms with Crippen molar-refractivity contribution in [3.63, 3.8) is 0 Å². The molecule has 5 heteroatoms. The predicted molar refractivity (Wildman–Crippen MR) is 61.4 cm³/mol. The Hall–Kier alpha value is -1.52. The van der Waals surface area contributed by atoms with Crippen molar-refractivity contribution in [2.45, 2.75) is 52.3 Å². The maximum atomic E-state index is 12.0. The molecule has 1 unspecified atom stereocenters. The van der Waals surface area contributed by atoms with Crippen LogP contribution >= 0.6 is 0 Å². The largest absolute Gasteiger partial charge is 0.444 e. The molecule has 1 aliphatic heterocycles. The van der Waals surface area contributed by atoms with Gasteiger partial charge in [-0.1, -0.05) is 5.16 Å². The van der Waals surface area contributed by atoms with Crippen LogP contribution in [0.15, 0.2) is 10.8 Å². The lowest BCUT2D eigenvalue weighted by Crippen LogP contribution is -2.44. The van der Waals surface area contributed by atoms with Gasteiger partial charge < -0.3 is 14.2 Å². The third-order valence-electron chi connectivity index (χ3n) is 2.72. The fraction of sp³-hybridized carbons (Fsp3) is 0.667. The first kappa shape index (κ1) is 12.0. The first-order chi connectivity index (χ1) is 7.87. The van der Waals surface area contributed by atoms with E-state index in [1.807, 2.05) is 27.7 Å². The standard InChI is InChI=1S/C12H18N2O3/c1-8-5-10-9(7-16-13-10)6-14(8)11(15)17-12(2,3)4/h7-8H,5-6H2,1-4H3. The van der Waals surface area contributed by atoms with E-state index in [4.69, 9.17) is 9.26 Å². The second-order valence-electron chi connectivity index (χ2n) is 5.45. The van der Waals surface area contributed by atoms with Crippen LogP contribution in [0.4, 0.5) is 4.79 Å². The maximum Gasteiger partial charge on any atom is 0.410 e. The molecule has 0 saturated carbocycles. The van der Waals surface area contributed by atoms with E-state index in [-0.39, 0.29) is 12.1 Å². The van der Waals surface area contributed by atoms with E-state index in [0.717, 1.165) is 11.3 Å². The Bertz CT molecular complexity index is 420. The van der Waals surface area contributed by atoms with Crippen molar-refractivity contribution in [3.8, 4) is 0 Å². The highest BCUT2D eigenvalue weighted by atomic mass is 16.6. The van der Waals surface area contributed by atoms with E-state index in [1.165, 1.54) is 0 Å². The van der Waals surface area contributed by atoms with Crippen molar-refractivity contribution < 1.29 is 14.1 Å². The molecule has 1 atom stereocenters. The minimum absolute atomic E-state index is 0.0856. The number of fused-ring (bicyclic) bond motifs is 1. The third kappa shape index (κ3) is 2.60. The first-order valence-electron chi connectivity index (χ1n) is 5.78. The second kappa shape index (κ2) is 4.05. The summed E-state index contributed by atoms with van der Waals surface area (Å²) in [5.74, 6) is 0. The number of carbonyl (C=O) groups is 1. The summed E-state index contributed by atoms with van der Waals surface area (Å²) in [6, 6.07) is 0.0856. The van der Waals surface area contributed by atoms with Crippen molar-refractivity contribution in [3.05, 3.63) is 17.5 Å². The lowest BCUT2D eigenvalue weighted by Gasteiger charge is -2.33. The number of amides is 1. The molecule has 2 rings (SSSR count). The van der Waals surface area contributed by atoms with Gasteiger partial charge >= 0.3 is 6.09 Å². The van der Waals surface area contributed by atoms with Crippen LogP contribution in [0.1, 0.15) is 39.0 Å². The van der Waals surface area contributed by atoms with E-state index in [0.29, 0.717) is 13.0 Å². The van der Waals surface area contributed by atoms with Gasteiger partial charge in [0, 0.05) is 18.0 Å². The number of hydrogen-bond donors (Lipinski definition) is 0. The quantitative estimate of drug-likeness (QED) is 0.696. The van der Waals surface area contributed by atoms with Crippen LogP contribution in [0, 0.1) is 0 Å². The van der Waals surface area contributed by atoms with Crippen molar-refractivity contribution in [1.29, 1.82) is 0 Å². The number of aromatic nitrogens is 1. The molecule has 1 amide bonds. The summed E-state index contributed by atoms with van der Waals surface area (Å²) in [6.45, 7) is 8.09. The van der Waals surface area contributed by atoms with Crippen molar-refractivity contribution in [2.24, 2.45) is 0 Å². The fourth-order valence-corrected chi connectivity index (χ4v) is 1.87. The Morgan fingerprint density at radius 1 is 1.59 bits per heavy atom. The van der Waals surface area contributed by atoms with Gasteiger partial charge in [0.2, 0.25) is 0 Å². The first-order valence-corrected chi connectivity index (χ1v) is 5.78. The average Bonchev–Trinajstić information content (AvgIpc) is 2.60. The van der Waals surface area contributed by atoms with E-state index < -0.39 is 5.60 Å². The topological polar surface area (TPSA) is 55.6 Å². The van der Waals surface area contributed by atoms with Crippen LogP contribution in [0.5, 0.6) is 0 Å². The summed E-state index contributed by atoms with van der Waals surface area (Å²) in [7, 11) is 0. The molecule has 1 aliphatic rings. The molecule has 5 nitrogen and oxygen atoms in total. The van der Waals surface area contributed by atoms with Crippen LogP contribution in [0.3, 0.4) is 0 Å². The number of carbonyl (C=O) groups excluding carboxylic acids is 1. The minimum atomic E-state index is -0.467. The summed E-state index contributed by atoms with van der Waals surface area (Å²) < 4.78 is 10.3. The van der Waals surface area contributed by atoms with Crippen molar-refractivity contribution in [1.82, 2.24) is 10.1 Å². The SMILES string of the molecule is CC1Cc2nocc2CN1C(=O)OC(C)(C)C. The van der Waals surface area contributed by atoms with Crippen LogP contribution in [-0.4, -0.2) is 27.8 Å². The fourth-order valence-electron chi connectivity index (χ4n) is 1.87. The summed E-state index contributed by atoms with van der Waals surface area (Å²) in [6.07, 6.45) is 2.03. The van der Waals surface area contributed by atoms with Gasteiger partial charge in [0.15, 0.2) is 0 Å². The molecule has 0 aliphatic carbocycles. The molecule has 0 saturated heterocycles. The molecule has 0 fully saturated rings. The monoisotopic (exact) mass is 238 g/mol. The summed E-state index contributed by atoms with van der Waals surface area (Å²) in [5.41, 5.74) is 1.44. The van der Waals surface area contributed by atoms with Gasteiger partial charge in [-0.2, -0.15) is 0 Å². The molecule has 0 radical (unpaired) electrons. The molecule has 1 aromatic rings. The maximum absolute atomic E-state index is 12.0. The summed E-state index contributed by atoms with van der Waals surface area (Å²) in [4.78, 5) is 13.7. The minimum Gasteiger partial charge on any atom is -0.444 e. The molecule has 94 valence electrons. The van der Waals surface area contributed by atoms with Crippen molar-refractivity contribution in [2.75, 3.05) is 0 Å². The van der Waals surface area contributed by atoms with Crippen LogP contribution in [-0.2, 0) is 17.7 Å². The van der Waals surface area contributed by atoms with Gasteiger partial charge in [0.1, 0.15) is 11.9 Å². The lowest BCUT2D eigenvalue weighted by atomic mass is 10.0. The Kier molecular flexibility index (Phi) is 2.85. The Labute approximate surface area is 101 Å². The van der Waals surface area contributed by atoms with Gasteiger partial charge in [-0.3, -0.25) is 0 Å². The highest BCUT2D eigenvalue weighted by Crippen LogP contribution is 2.23. The number of hydrogen-bond acceptors (Lipinski definition) is 4. The lowest BCUT2D eigenvalue weighted by molar-refractivity contribution is 0.0137. The number of ether oxygens (including phenoxy) is 1. The van der Waals surface area contributed by atoms with Crippen LogP contribution < -0.4 is 0 Å². The van der Waals surface area contributed by atoms with E-state index in [1.54, 1.807) is 11.2 Å². The zero-order valence-corrected chi connectivity index (χ0v) is 10.7. The summed E-state index contributed by atoms with van der Waals surface area (Å²) in [5, 5.41) is 3.92. The van der Waals surface area contributed by atoms with Gasteiger partial charge in [-0.05, 0) is 27.7 Å². The molecule has 2 heterocycles. The molecular formula is C12H18N2O3. The van der Waals surface area contributed by atoms with E-state index >= 15 is 0 Å². The Balaban J connectivity index is 2.10. The Morgan fingerprint density at radius 3 is 2.94 bits per heavy atom. The smallest absolute Gasteiger partial charge is 0.410 e. The normalized spacial score (nSPS) is 20.0. The van der Waals surface area contributed by atoms with Crippen molar-refractivity contribution >= 4 is 6.09 Å². The van der Waals surface area contributed by atoms with E-state index in [2.05, 4.69) is 5.16 Å². The number of rotatable bonds is 0. The van der Waals surface area contributed by atoms with E-state index in [9.17, 15) is 4.79 Å². The Morgan fingerprint density at radius 2 is 2.29 bits per heavy atom. The van der Waals surface area contributed by atoms with Gasteiger partial charge in [0.05, 0.1) is 12.2 Å². The number of nitrogens with zero attached hydrogens (tertiary/aromatic N) is 2. The third-order valence-corrected chi connectivity index (χ3v) is 2.72. The van der Waals surface area contributed by atoms with Gasteiger partial charge in [0.25, 0.3) is 0 Å². The highest BCUT2D eigenvalue weighted by molar-refractivity contribution is 5.69. The molecule has 17 heavy (non-hydrogen) atoms. The van der Waals surface area contributed by atoms with Crippen LogP contribution in [0.2, 0.25) is 0 Å². The zero-order chi connectivity index (χ0) is 12.6. The van der Waals surface area contributed by atoms with Gasteiger partial charge in [-0.15, -0.1) is 0 Å². The molecule has 0 spiro atoms. The average molecular weight is 238 g/mol. The van der Waals surface area contributed by atoms with Crippen LogP contribution in [0.25, 0.3) is 0 Å². The predicted octanol–water partition coefficient (Wildman–Crippen LogP) is 2.36. The molecule has 0 aromatic carbocycles. The molecule has 0 N–H and O–H groups in total. The zero-order valence-electron chi connectivity index (χ0n) is 10.7. The summed E-state index contributed by atoms with van der Waals surface area (Å²) >= 11 is 0. The van der Waals surface area contributed by atoms with Gasteiger partial charge in [-0.25, -0.2) is 4.79 Å². The second-order valence-corrected chi connectivity index (χ2v) is 5.45. The highest BCUT2D eigenvalue weighted by Gasteiger charge is 2.31. The molecule has 0 bridgehead atoms. The molecule has 1 aromatic heterocycles. The molecular weight excluding hydrogens is 220 g/mol.